The van der Waals surface area contributed by atoms with Crippen molar-refractivity contribution < 1.29 is 0 Å². The molecule has 0 atom stereocenters. The summed E-state index contributed by atoms with van der Waals surface area (Å²) >= 11 is 1.86. The van der Waals surface area contributed by atoms with Crippen LogP contribution in [-0.4, -0.2) is 0 Å². The Hall–Kier alpha value is -7.00. The fourth-order valence-electron chi connectivity index (χ4n) is 9.50. The van der Waals surface area contributed by atoms with E-state index < -0.39 is 5.41 Å². The van der Waals surface area contributed by atoms with Crippen LogP contribution in [0.3, 0.4) is 0 Å². The number of benzene rings is 9. The number of anilines is 3. The van der Waals surface area contributed by atoms with Crippen molar-refractivity contribution in [3.8, 4) is 33.4 Å². The molecule has 0 fully saturated rings. The van der Waals surface area contributed by atoms with Gasteiger partial charge in [0.15, 0.2) is 0 Å². The zero-order valence-corrected chi connectivity index (χ0v) is 33.0. The minimum absolute atomic E-state index is 0.455. The number of fused-ring (bicyclic) bond motifs is 6. The lowest BCUT2D eigenvalue weighted by atomic mass is 9.66. The van der Waals surface area contributed by atoms with Crippen molar-refractivity contribution in [1.29, 1.82) is 0 Å². The summed E-state index contributed by atoms with van der Waals surface area (Å²) in [6, 6.07) is 80.5. The van der Waals surface area contributed by atoms with E-state index in [0.717, 1.165) is 17.1 Å². The molecule has 1 nitrogen and oxygen atoms in total. The molecular weight excluding hydrogens is 719 g/mol. The normalized spacial score (nSPS) is 12.7. The van der Waals surface area contributed by atoms with Crippen molar-refractivity contribution in [2.24, 2.45) is 0 Å². The van der Waals surface area contributed by atoms with Crippen LogP contribution in [0.2, 0.25) is 0 Å². The molecule has 2 heteroatoms. The SMILES string of the molecule is Cc1cc(N(c2ccc(-c3ccccc3)cc2)c2cccc(-c3ccc4sc5ccccc5c4c3)c2)ccc1C1(c2ccccc2)c2ccccc2-c2ccccc21. The van der Waals surface area contributed by atoms with E-state index in [1.54, 1.807) is 0 Å². The molecule has 9 aromatic carbocycles. The van der Waals surface area contributed by atoms with Gasteiger partial charge in [-0.2, -0.15) is 0 Å². The summed E-state index contributed by atoms with van der Waals surface area (Å²) in [4.78, 5) is 2.42. The molecule has 11 rings (SSSR count). The third kappa shape index (κ3) is 5.44. The second-order valence-electron chi connectivity index (χ2n) is 15.3. The van der Waals surface area contributed by atoms with E-state index in [2.05, 4.69) is 230 Å². The maximum absolute atomic E-state index is 2.42. The molecule has 1 heterocycles. The monoisotopic (exact) mass is 757 g/mol. The number of aryl methyl sites for hydroxylation is 1. The summed E-state index contributed by atoms with van der Waals surface area (Å²) in [5.74, 6) is 0. The van der Waals surface area contributed by atoms with Crippen molar-refractivity contribution in [3.63, 3.8) is 0 Å². The second-order valence-corrected chi connectivity index (χ2v) is 16.4. The van der Waals surface area contributed by atoms with Gasteiger partial charge in [-0.15, -0.1) is 11.3 Å². The third-order valence-corrected chi connectivity index (χ3v) is 13.2. The Balaban J connectivity index is 1.08. The number of hydrogen-bond acceptors (Lipinski definition) is 2. The molecule has 1 aliphatic carbocycles. The maximum Gasteiger partial charge on any atom is 0.0716 e. The molecule has 10 aromatic rings. The highest BCUT2D eigenvalue weighted by molar-refractivity contribution is 7.25. The summed E-state index contributed by atoms with van der Waals surface area (Å²) in [6.07, 6.45) is 0. The largest absolute Gasteiger partial charge is 0.310 e. The van der Waals surface area contributed by atoms with Gasteiger partial charge in [-0.05, 0) is 123 Å². The van der Waals surface area contributed by atoms with Gasteiger partial charge in [0.25, 0.3) is 0 Å². The number of thiophene rings is 1. The van der Waals surface area contributed by atoms with Crippen molar-refractivity contribution >= 4 is 48.6 Å². The molecule has 0 saturated carbocycles. The van der Waals surface area contributed by atoms with Gasteiger partial charge in [0.05, 0.1) is 5.41 Å². The molecule has 0 radical (unpaired) electrons. The van der Waals surface area contributed by atoms with Gasteiger partial charge in [0.1, 0.15) is 0 Å². The molecule has 0 bridgehead atoms. The van der Waals surface area contributed by atoms with E-state index in [1.807, 2.05) is 11.3 Å². The number of rotatable bonds is 7. The van der Waals surface area contributed by atoms with E-state index in [-0.39, 0.29) is 0 Å². The average molecular weight is 758 g/mol. The molecule has 0 N–H and O–H groups in total. The number of nitrogens with zero attached hydrogens (tertiary/aromatic N) is 1. The van der Waals surface area contributed by atoms with Gasteiger partial charge in [-0.25, -0.2) is 0 Å². The molecule has 0 amide bonds. The summed E-state index contributed by atoms with van der Waals surface area (Å²) in [7, 11) is 0. The molecule has 0 spiro atoms. The first kappa shape index (κ1) is 34.3. The highest BCUT2D eigenvalue weighted by Crippen LogP contribution is 2.57. The standard InChI is InChI=1S/C56H39NS/c1-38-35-46(32-33-51(38)56(43-18-6-3-7-19-43)52-24-11-8-21-47(52)48-22-9-12-25-53(48)56)57(44-30-27-40(28-31-44)39-15-4-2-5-16-39)45-20-14-17-41(36-45)42-29-34-55-50(37-42)49-23-10-13-26-54(49)58-55/h2-37H,1H3. The summed E-state index contributed by atoms with van der Waals surface area (Å²) in [5, 5.41) is 2.63. The molecule has 58 heavy (non-hydrogen) atoms. The predicted molar refractivity (Wildman–Crippen MR) is 247 cm³/mol. The molecule has 1 aromatic heterocycles. The predicted octanol–water partition coefficient (Wildman–Crippen LogP) is 15.5. The van der Waals surface area contributed by atoms with Gasteiger partial charge >= 0.3 is 0 Å². The molecule has 274 valence electrons. The van der Waals surface area contributed by atoms with Gasteiger partial charge in [-0.3, -0.25) is 0 Å². The van der Waals surface area contributed by atoms with Crippen molar-refractivity contribution in [2.75, 3.05) is 4.90 Å². The lowest BCUT2D eigenvalue weighted by Gasteiger charge is -2.36. The fraction of sp³-hybridized carbons (Fsp3) is 0.0357. The van der Waals surface area contributed by atoms with Gasteiger partial charge in [0.2, 0.25) is 0 Å². The van der Waals surface area contributed by atoms with Crippen LogP contribution < -0.4 is 4.90 Å². The second kappa shape index (κ2) is 13.9. The first-order chi connectivity index (χ1) is 28.7. The van der Waals surface area contributed by atoms with E-state index in [0.29, 0.717) is 0 Å². The zero-order chi connectivity index (χ0) is 38.6. The molecular formula is C56H39NS. The van der Waals surface area contributed by atoms with Crippen LogP contribution in [0, 0.1) is 6.92 Å². The minimum Gasteiger partial charge on any atom is -0.310 e. The molecule has 0 unspecified atom stereocenters. The lowest BCUT2D eigenvalue weighted by molar-refractivity contribution is 0.761. The van der Waals surface area contributed by atoms with E-state index in [4.69, 9.17) is 0 Å². The summed E-state index contributed by atoms with van der Waals surface area (Å²) in [5.41, 5.74) is 16.8. The minimum atomic E-state index is -0.455. The van der Waals surface area contributed by atoms with Crippen LogP contribution >= 0.6 is 11.3 Å². The smallest absolute Gasteiger partial charge is 0.0716 e. The van der Waals surface area contributed by atoms with Crippen molar-refractivity contribution in [3.05, 3.63) is 246 Å². The summed E-state index contributed by atoms with van der Waals surface area (Å²) in [6.45, 7) is 2.29. The first-order valence-electron chi connectivity index (χ1n) is 20.0. The van der Waals surface area contributed by atoms with Crippen LogP contribution in [0.4, 0.5) is 17.1 Å². The third-order valence-electron chi connectivity index (χ3n) is 12.1. The van der Waals surface area contributed by atoms with Crippen molar-refractivity contribution in [2.45, 2.75) is 12.3 Å². The molecule has 1 aliphatic rings. The summed E-state index contributed by atoms with van der Waals surface area (Å²) < 4.78 is 2.64. The van der Waals surface area contributed by atoms with Gasteiger partial charge in [-0.1, -0.05) is 164 Å². The first-order valence-corrected chi connectivity index (χ1v) is 20.8. The Morgan fingerprint density at radius 3 is 1.66 bits per heavy atom. The van der Waals surface area contributed by atoms with E-state index >= 15 is 0 Å². The van der Waals surface area contributed by atoms with Crippen LogP contribution in [0.15, 0.2) is 218 Å². The van der Waals surface area contributed by atoms with Crippen LogP contribution in [-0.2, 0) is 5.41 Å². The quantitative estimate of drug-likeness (QED) is 0.156. The highest BCUT2D eigenvalue weighted by atomic mass is 32.1. The molecule has 0 aliphatic heterocycles. The lowest BCUT2D eigenvalue weighted by Crippen LogP contribution is -2.29. The Bertz CT molecular complexity index is 3080. The number of hydrogen-bond donors (Lipinski definition) is 0. The topological polar surface area (TPSA) is 3.24 Å². The van der Waals surface area contributed by atoms with Crippen molar-refractivity contribution in [1.82, 2.24) is 0 Å². The van der Waals surface area contributed by atoms with Crippen LogP contribution in [0.5, 0.6) is 0 Å². The van der Waals surface area contributed by atoms with Gasteiger partial charge < -0.3 is 4.90 Å². The van der Waals surface area contributed by atoms with Crippen LogP contribution in [0.25, 0.3) is 53.6 Å². The maximum atomic E-state index is 2.42. The fourth-order valence-corrected chi connectivity index (χ4v) is 10.6. The zero-order valence-electron chi connectivity index (χ0n) is 32.1. The Morgan fingerprint density at radius 2 is 0.914 bits per heavy atom. The van der Waals surface area contributed by atoms with Gasteiger partial charge in [0, 0.05) is 37.2 Å². The Morgan fingerprint density at radius 1 is 0.362 bits per heavy atom. The average Bonchev–Trinajstić information content (AvgIpc) is 3.81. The Labute approximate surface area is 343 Å². The van der Waals surface area contributed by atoms with E-state index in [9.17, 15) is 0 Å². The van der Waals surface area contributed by atoms with E-state index in [1.165, 1.54) is 81.4 Å². The molecule has 0 saturated heterocycles. The van der Waals surface area contributed by atoms with Crippen LogP contribution in [0.1, 0.15) is 27.8 Å². The Kier molecular flexibility index (Phi) is 8.20. The highest BCUT2D eigenvalue weighted by Gasteiger charge is 2.46.